The van der Waals surface area contributed by atoms with E-state index in [0.717, 1.165) is 31.2 Å². The van der Waals surface area contributed by atoms with Crippen molar-refractivity contribution in [3.05, 3.63) is 11.9 Å². The van der Waals surface area contributed by atoms with Gasteiger partial charge in [0, 0.05) is 29.6 Å². The Labute approximate surface area is 154 Å². The minimum atomic E-state index is -0.531. The molecule has 1 aliphatic heterocycles. The molecule has 0 aromatic carbocycles. The number of epoxide rings is 1. The Bertz CT molecular complexity index is 744. The average Bonchev–Trinajstić information content (AvgIpc) is 3.30. The van der Waals surface area contributed by atoms with Gasteiger partial charge in [0.2, 0.25) is 0 Å². The second kappa shape index (κ2) is 4.87. The van der Waals surface area contributed by atoms with Gasteiger partial charge in [-0.1, -0.05) is 27.7 Å². The molecule has 2 unspecified atom stereocenters. The summed E-state index contributed by atoms with van der Waals surface area (Å²) in [6, 6.07) is 0. The van der Waals surface area contributed by atoms with E-state index in [0.29, 0.717) is 18.6 Å². The van der Waals surface area contributed by atoms with Crippen LogP contribution >= 0.6 is 0 Å². The van der Waals surface area contributed by atoms with E-state index in [2.05, 4.69) is 20.8 Å². The molecule has 4 aliphatic carbocycles. The molecule has 4 heteroatoms. The van der Waals surface area contributed by atoms with Crippen molar-refractivity contribution in [1.29, 1.82) is 0 Å². The fourth-order valence-corrected chi connectivity index (χ4v) is 8.09. The molecule has 1 spiro atoms. The molecule has 0 amide bonds. The summed E-state index contributed by atoms with van der Waals surface area (Å²) in [5, 5.41) is 0. The van der Waals surface area contributed by atoms with Crippen LogP contribution in [0.2, 0.25) is 0 Å². The second-order valence-electron chi connectivity index (χ2n) is 10.1. The van der Waals surface area contributed by atoms with E-state index >= 15 is 0 Å². The molecule has 1 heterocycles. The summed E-state index contributed by atoms with van der Waals surface area (Å²) in [6.45, 7) is 8.64. The molecule has 5 fully saturated rings. The third-order valence-corrected chi connectivity index (χ3v) is 9.71. The van der Waals surface area contributed by atoms with E-state index in [-0.39, 0.29) is 52.3 Å². The lowest BCUT2D eigenvalue weighted by Crippen LogP contribution is -2.64. The first-order chi connectivity index (χ1) is 12.2. The first-order valence-electron chi connectivity index (χ1n) is 10.3. The molecule has 0 N–H and O–H groups in total. The Morgan fingerprint density at radius 1 is 1.15 bits per heavy atom. The van der Waals surface area contributed by atoms with Crippen molar-refractivity contribution < 1.29 is 18.7 Å². The first kappa shape index (κ1) is 17.1. The monoisotopic (exact) mass is 360 g/mol. The lowest BCUT2D eigenvalue weighted by Gasteiger charge is -2.62. The van der Waals surface area contributed by atoms with Crippen molar-refractivity contribution in [2.45, 2.75) is 71.5 Å². The molecule has 142 valence electrons. The van der Waals surface area contributed by atoms with Gasteiger partial charge in [-0.2, -0.15) is 0 Å². The van der Waals surface area contributed by atoms with Gasteiger partial charge >= 0.3 is 0 Å². The fourth-order valence-electron chi connectivity index (χ4n) is 8.09. The van der Waals surface area contributed by atoms with Gasteiger partial charge in [-0.15, -0.1) is 0 Å². The van der Waals surface area contributed by atoms with Crippen LogP contribution in [0.1, 0.15) is 59.8 Å². The maximum Gasteiger partial charge on any atom is 0.164 e. The third-order valence-electron chi connectivity index (χ3n) is 9.71. The number of halogens is 1. The standard InChI is InChI=1S/C22H29FO3/c1-11-9-16(24)19-22(26-19)12(2)13(10-23)18-14-5-6-17(25)20(14,3)8-7-15(18)21(11,22)4/h10-12,14-15,18-19H,5-9H2,1-4H3/t11-,12-,14+,15+,18+,19?,20+,21-,22?/m1/s1. The summed E-state index contributed by atoms with van der Waals surface area (Å²) >= 11 is 0. The highest BCUT2D eigenvalue weighted by atomic mass is 19.1. The summed E-state index contributed by atoms with van der Waals surface area (Å²) in [7, 11) is 0. The third kappa shape index (κ3) is 1.57. The number of fused-ring (bicyclic) bond motifs is 4. The maximum absolute atomic E-state index is 14.3. The smallest absolute Gasteiger partial charge is 0.164 e. The van der Waals surface area contributed by atoms with Crippen LogP contribution in [0.15, 0.2) is 11.9 Å². The Balaban J connectivity index is 1.67. The summed E-state index contributed by atoms with van der Waals surface area (Å²) in [5.74, 6) is 1.31. The van der Waals surface area contributed by atoms with E-state index in [4.69, 9.17) is 4.74 Å². The van der Waals surface area contributed by atoms with Gasteiger partial charge in [-0.25, -0.2) is 4.39 Å². The molecule has 9 atom stereocenters. The van der Waals surface area contributed by atoms with E-state index in [1.807, 2.05) is 6.92 Å². The molecular formula is C22H29FO3. The van der Waals surface area contributed by atoms with Gasteiger partial charge in [0.25, 0.3) is 0 Å². The number of ketones is 2. The zero-order chi connectivity index (χ0) is 18.6. The number of carbonyl (C=O) groups is 2. The fraction of sp³-hybridized carbons (Fsp3) is 0.818. The summed E-state index contributed by atoms with van der Waals surface area (Å²) in [5.41, 5.74) is -0.151. The number of hydrogen-bond donors (Lipinski definition) is 0. The average molecular weight is 360 g/mol. The Morgan fingerprint density at radius 3 is 2.58 bits per heavy atom. The maximum atomic E-state index is 14.3. The van der Waals surface area contributed by atoms with Crippen molar-refractivity contribution in [2.75, 3.05) is 0 Å². The predicted molar refractivity (Wildman–Crippen MR) is 94.9 cm³/mol. The molecule has 1 saturated heterocycles. The minimum Gasteiger partial charge on any atom is -0.356 e. The van der Waals surface area contributed by atoms with E-state index in [9.17, 15) is 14.0 Å². The van der Waals surface area contributed by atoms with Crippen LogP contribution in [0.3, 0.4) is 0 Å². The van der Waals surface area contributed by atoms with Gasteiger partial charge < -0.3 is 4.74 Å². The zero-order valence-electron chi connectivity index (χ0n) is 16.2. The molecule has 0 aromatic heterocycles. The van der Waals surface area contributed by atoms with Crippen LogP contribution in [0, 0.1) is 40.4 Å². The molecule has 4 saturated carbocycles. The lowest BCUT2D eigenvalue weighted by molar-refractivity contribution is -0.146. The van der Waals surface area contributed by atoms with Gasteiger partial charge in [0.15, 0.2) is 5.78 Å². The van der Waals surface area contributed by atoms with Gasteiger partial charge in [0.05, 0.1) is 6.33 Å². The van der Waals surface area contributed by atoms with E-state index in [1.165, 1.54) is 0 Å². The van der Waals surface area contributed by atoms with Gasteiger partial charge in [-0.3, -0.25) is 9.59 Å². The second-order valence-corrected chi connectivity index (χ2v) is 10.1. The topological polar surface area (TPSA) is 46.7 Å². The number of ether oxygens (including phenoxy) is 1. The zero-order valence-corrected chi connectivity index (χ0v) is 16.2. The molecule has 0 bridgehead atoms. The minimum absolute atomic E-state index is 0.103. The van der Waals surface area contributed by atoms with Gasteiger partial charge in [0.1, 0.15) is 17.5 Å². The van der Waals surface area contributed by atoms with Crippen molar-refractivity contribution in [1.82, 2.24) is 0 Å². The van der Waals surface area contributed by atoms with Crippen LogP contribution in [-0.2, 0) is 14.3 Å². The van der Waals surface area contributed by atoms with Crippen LogP contribution in [0.5, 0.6) is 0 Å². The normalized spacial score (nSPS) is 59.5. The van der Waals surface area contributed by atoms with Crippen molar-refractivity contribution >= 4 is 11.6 Å². The SMILES string of the molecule is C[C@@H]1C(=CF)[C@@H]2[C@H](CC[C@]3(C)C(=O)CC[C@@H]23)[C@@]2(C)[C@H](C)CC(=O)C3OC312. The van der Waals surface area contributed by atoms with Crippen LogP contribution in [-0.4, -0.2) is 23.3 Å². The largest absolute Gasteiger partial charge is 0.356 e. The molecule has 0 aromatic rings. The summed E-state index contributed by atoms with van der Waals surface area (Å²) < 4.78 is 20.4. The highest BCUT2D eigenvalue weighted by Crippen LogP contribution is 2.75. The van der Waals surface area contributed by atoms with E-state index < -0.39 is 5.60 Å². The van der Waals surface area contributed by atoms with Crippen LogP contribution in [0.4, 0.5) is 4.39 Å². The van der Waals surface area contributed by atoms with E-state index in [1.54, 1.807) is 0 Å². The number of rotatable bonds is 0. The summed E-state index contributed by atoms with van der Waals surface area (Å²) in [6.07, 6.45) is 4.34. The lowest BCUT2D eigenvalue weighted by atomic mass is 9.40. The molecule has 0 radical (unpaired) electrons. The van der Waals surface area contributed by atoms with Crippen LogP contribution in [0.25, 0.3) is 0 Å². The summed E-state index contributed by atoms with van der Waals surface area (Å²) in [4.78, 5) is 25.2. The van der Waals surface area contributed by atoms with Gasteiger partial charge in [-0.05, 0) is 48.5 Å². The molecule has 3 nitrogen and oxygen atoms in total. The Kier molecular flexibility index (Phi) is 3.20. The molecular weight excluding hydrogens is 331 g/mol. The van der Waals surface area contributed by atoms with Crippen molar-refractivity contribution in [3.8, 4) is 0 Å². The predicted octanol–water partition coefficient (Wildman–Crippen LogP) is 4.25. The Morgan fingerprint density at radius 2 is 1.88 bits per heavy atom. The highest BCUT2D eigenvalue weighted by Gasteiger charge is 2.81. The number of Topliss-reactive ketones (excluding diaryl/α,β-unsaturated/α-hetero) is 2. The molecule has 5 aliphatic rings. The van der Waals surface area contributed by atoms with Crippen molar-refractivity contribution in [2.24, 2.45) is 40.4 Å². The quantitative estimate of drug-likeness (QED) is 0.607. The number of hydrogen-bond acceptors (Lipinski definition) is 3. The highest BCUT2D eigenvalue weighted by molar-refractivity contribution is 5.90. The number of carbonyl (C=O) groups excluding carboxylic acids is 2. The first-order valence-corrected chi connectivity index (χ1v) is 10.3. The van der Waals surface area contributed by atoms with Crippen LogP contribution < -0.4 is 0 Å². The Hall–Kier alpha value is -1.03. The molecule has 5 rings (SSSR count). The molecule has 26 heavy (non-hydrogen) atoms. The van der Waals surface area contributed by atoms with Crippen molar-refractivity contribution in [3.63, 3.8) is 0 Å².